The number of carbonyl (C=O) groups is 20. The van der Waals surface area contributed by atoms with Crippen molar-refractivity contribution in [3.63, 3.8) is 0 Å². The Morgan fingerprint density at radius 2 is 1.07 bits per heavy atom. The number of aromatic nitrogens is 2. The van der Waals surface area contributed by atoms with Gasteiger partial charge >= 0.3 is 18.0 Å². The molecule has 0 aliphatic carbocycles. The van der Waals surface area contributed by atoms with Crippen molar-refractivity contribution in [2.45, 2.75) is 248 Å². The summed E-state index contributed by atoms with van der Waals surface area (Å²) in [4.78, 5) is 313. The van der Waals surface area contributed by atoms with Crippen LogP contribution in [-0.4, -0.2) is 364 Å². The molecule has 3 fully saturated rings. The Morgan fingerprint density at radius 1 is 0.537 bits per heavy atom. The van der Waals surface area contributed by atoms with Gasteiger partial charge in [0.05, 0.1) is 46.2 Å². The third-order valence-electron chi connectivity index (χ3n) is 25.9. The second-order valence-corrected chi connectivity index (χ2v) is 38.8. The molecule has 3 aromatic carbocycles. The number of amides is 21. The van der Waals surface area contributed by atoms with Gasteiger partial charge in [-0.1, -0.05) is 116 Å². The largest absolute Gasteiger partial charge is 0.508 e. The molecule has 2 aromatic heterocycles. The number of H-pyrrole nitrogens is 1. The van der Waals surface area contributed by atoms with Crippen LogP contribution in [-0.2, 0) is 127 Å². The highest BCUT2D eigenvalue weighted by Crippen LogP contribution is 2.29. The molecule has 15 atom stereocenters. The average molecular weight is 2080 g/mol. The number of nitrogens with two attached hydrogens (primary N) is 2. The second-order valence-electron chi connectivity index (χ2n) is 37.7. The molecule has 3 aliphatic rings. The number of rotatable bonds is 30. The number of urea groups is 2. The maximum Gasteiger partial charge on any atom is 0.341 e. The number of aromatic hydroxyl groups is 1. The van der Waals surface area contributed by atoms with Crippen molar-refractivity contribution in [3.05, 3.63) is 102 Å². The van der Waals surface area contributed by atoms with Crippen LogP contribution >= 0.6 is 11.8 Å². The summed E-state index contributed by atoms with van der Waals surface area (Å²) >= 11 is 0.768. The van der Waals surface area contributed by atoms with Crippen molar-refractivity contribution in [2.75, 3.05) is 101 Å². The Morgan fingerprint density at radius 3 is 1.71 bits per heavy atom. The molecule has 0 bridgehead atoms. The number of methoxy groups -OCH3 is 1. The quantitative estimate of drug-likeness (QED) is 0.0181. The normalized spacial score (nSPS) is 23.6. The van der Waals surface area contributed by atoms with E-state index < -0.39 is 278 Å². The van der Waals surface area contributed by atoms with Crippen LogP contribution in [0.3, 0.4) is 0 Å². The van der Waals surface area contributed by atoms with Crippen LogP contribution in [0.25, 0.3) is 21.8 Å². The monoisotopic (exact) mass is 2070 g/mol. The van der Waals surface area contributed by atoms with Gasteiger partial charge in [0.25, 0.3) is 0 Å². The van der Waals surface area contributed by atoms with Crippen molar-refractivity contribution in [3.8, 4) is 5.75 Å². The van der Waals surface area contributed by atoms with E-state index in [1.807, 2.05) is 13.8 Å². The lowest BCUT2D eigenvalue weighted by Gasteiger charge is -2.36. The lowest BCUT2D eigenvalue weighted by Crippen LogP contribution is -2.62. The van der Waals surface area contributed by atoms with E-state index in [4.69, 9.17) is 25.9 Å². The summed E-state index contributed by atoms with van der Waals surface area (Å²) in [5.41, 5.74) is 13.5. The molecule has 19 N–H and O–H groups in total. The van der Waals surface area contributed by atoms with E-state index in [1.54, 1.807) is 93.2 Å². The number of unbranched alkanes of at least 4 members (excludes halogenated alkanes) is 2. The molecule has 0 unspecified atom stereocenters. The zero-order valence-electron chi connectivity index (χ0n) is 85.8. The first-order valence-corrected chi connectivity index (χ1v) is 50.2. The Kier molecular flexibility index (Phi) is 45.3. The number of para-hydroxylation sites is 2. The van der Waals surface area contributed by atoms with Gasteiger partial charge in [0, 0.05) is 127 Å². The van der Waals surface area contributed by atoms with Gasteiger partial charge in [0.1, 0.15) is 96.9 Å². The molecule has 3 aliphatic heterocycles. The number of aromatic amines is 1. The van der Waals surface area contributed by atoms with Gasteiger partial charge in [0.15, 0.2) is 0 Å². The molecule has 147 heavy (non-hydrogen) atoms. The topological polar surface area (TPSA) is 649 Å². The van der Waals surface area contributed by atoms with Crippen LogP contribution in [0.4, 0.5) is 9.59 Å². The molecule has 806 valence electrons. The molecule has 0 saturated carbocycles. The fraction of sp³-hybridized carbons (Fsp3) is 0.571. The predicted molar refractivity (Wildman–Crippen MR) is 537 cm³/mol. The first-order chi connectivity index (χ1) is 69.7. The summed E-state index contributed by atoms with van der Waals surface area (Å²) in [6, 6.07) is -5.19. The maximum absolute atomic E-state index is 16.3. The third-order valence-corrected chi connectivity index (χ3v) is 26.9. The number of fused-ring (bicyclic) bond motifs is 4. The number of aliphatic hydroxyl groups is 1. The first kappa shape index (κ1) is 118. The van der Waals surface area contributed by atoms with Crippen molar-refractivity contribution in [1.29, 1.82) is 0 Å². The van der Waals surface area contributed by atoms with E-state index in [9.17, 15) is 58.2 Å². The number of aliphatic hydroxyl groups excluding tert-OH is 1. The van der Waals surface area contributed by atoms with E-state index in [1.165, 1.54) is 80.6 Å². The summed E-state index contributed by atoms with van der Waals surface area (Å²) < 4.78 is 6.64. The summed E-state index contributed by atoms with van der Waals surface area (Å²) in [5, 5.41) is 56.3. The van der Waals surface area contributed by atoms with E-state index in [0.29, 0.717) is 57.8 Å². The molecule has 5 heterocycles. The molecule has 3 saturated heterocycles. The zero-order chi connectivity index (χ0) is 108. The van der Waals surface area contributed by atoms with Crippen LogP contribution in [0.1, 0.15) is 149 Å². The number of nitrogens with zero attached hydrogens (tertiary/aromatic N) is 8. The van der Waals surface area contributed by atoms with Gasteiger partial charge in [0.2, 0.25) is 100 Å². The van der Waals surface area contributed by atoms with E-state index in [-0.39, 0.29) is 82.5 Å². The number of nitrogens with one attached hydrogen (secondary N) is 13. The van der Waals surface area contributed by atoms with Crippen LogP contribution in [0.5, 0.6) is 5.75 Å². The van der Waals surface area contributed by atoms with Gasteiger partial charge in [-0.05, 0) is 105 Å². The summed E-state index contributed by atoms with van der Waals surface area (Å²) in [6.07, 6.45) is 0.00264. The van der Waals surface area contributed by atoms with E-state index in [0.717, 1.165) is 53.5 Å². The van der Waals surface area contributed by atoms with Gasteiger partial charge < -0.3 is 124 Å². The number of phenolic OH excluding ortho intramolecular Hbond substituents is 1. The lowest BCUT2D eigenvalue weighted by atomic mass is 9.99. The number of ether oxygens (including phenoxy) is 1. The predicted octanol–water partition coefficient (Wildman–Crippen LogP) is -1.66. The van der Waals surface area contributed by atoms with E-state index in [2.05, 4.69) is 68.8 Å². The minimum absolute atomic E-state index is 0.0249. The fourth-order valence-electron chi connectivity index (χ4n) is 17.6. The highest BCUT2D eigenvalue weighted by atomic mass is 32.2. The number of phenols is 1. The minimum Gasteiger partial charge on any atom is -0.508 e. The molecule has 21 amide bonds. The molecule has 0 radical (unpaired) electrons. The second kappa shape index (κ2) is 56.5. The molecule has 5 aromatic rings. The highest BCUT2D eigenvalue weighted by Gasteiger charge is 2.47. The Hall–Kier alpha value is -14.2. The molecule has 0 spiro atoms. The number of likely N-dealkylation sites (N-methyl/N-ethyl adjacent to an activating group) is 3. The number of benzene rings is 3. The SMILES string of the molecule is CCCC[C@H]1C(=O)N(C)[C@@H](CCCC)C(=O)N[C@@H](CC(C)C)C(=O)N[C@H](C(=O)NCC(N)=O)CSCC(=O)N[C@@H](Cc2ccc(O)cc2)C(=O)N(C)[C@@H](C)C(=O)N[C@@H](CC(N)=O)C(=O)N2CCC[C@H]2C(=O)N[C@@H](CNC(=O)N(C)OC)C(=O)N[C@@H](CC(C)C)C(=O)N2C[C@H](O)C[C@H]2C(=O)N[C@@H](Cc2c[nH]c3ccccc23)C(=O)N[C@@H](CCNC(=O)N(C)OC)C(=O)N[C@@H](Cc2cn(CC(=O)OC)c3ccccc23)C(=O)N1C. The van der Waals surface area contributed by atoms with Gasteiger partial charge in [-0.3, -0.25) is 96.0 Å². The van der Waals surface area contributed by atoms with Crippen molar-refractivity contribution in [1.82, 2.24) is 108 Å². The van der Waals surface area contributed by atoms with Gasteiger partial charge in [-0.25, -0.2) is 19.7 Å². The Balaban J connectivity index is 1.27. The number of hydrogen-bond donors (Lipinski definition) is 17. The molecular weight excluding hydrogens is 1930 g/mol. The number of hydroxylamine groups is 4. The summed E-state index contributed by atoms with van der Waals surface area (Å²) in [6.45, 7) is 8.87. The smallest absolute Gasteiger partial charge is 0.341 e. The highest BCUT2D eigenvalue weighted by molar-refractivity contribution is 8.00. The molecule has 48 nitrogen and oxygen atoms in total. The average Bonchev–Trinajstić information content (AvgIpc) is 1.63. The van der Waals surface area contributed by atoms with Gasteiger partial charge in [-0.15, -0.1) is 11.8 Å². The maximum atomic E-state index is 16.3. The van der Waals surface area contributed by atoms with Crippen LogP contribution < -0.4 is 75.3 Å². The number of hydrogen-bond acceptors (Lipinski definition) is 26. The van der Waals surface area contributed by atoms with Crippen LogP contribution in [0.2, 0.25) is 0 Å². The first-order valence-electron chi connectivity index (χ1n) is 49.0. The third kappa shape index (κ3) is 33.7. The zero-order valence-corrected chi connectivity index (χ0v) is 86.6. The Bertz CT molecular complexity index is 5510. The minimum atomic E-state index is -1.84. The summed E-state index contributed by atoms with van der Waals surface area (Å²) in [7, 11) is 9.95. The van der Waals surface area contributed by atoms with Crippen molar-refractivity contribution < 1.29 is 121 Å². The fourth-order valence-corrected chi connectivity index (χ4v) is 18.4. The van der Waals surface area contributed by atoms with Crippen molar-refractivity contribution >= 4 is 152 Å². The number of esters is 1. The molecule has 8 rings (SSSR count). The number of carbonyl (C=O) groups excluding carboxylic acids is 20. The van der Waals surface area contributed by atoms with Crippen molar-refractivity contribution in [2.24, 2.45) is 23.3 Å². The lowest BCUT2D eigenvalue weighted by molar-refractivity contribution is -0.149. The molecular formula is C98H143N23O25S. The Labute approximate surface area is 856 Å². The number of primary amides is 2. The standard InChI is InChI=1S/C98H143N23O25S/c1-16-18-28-75-89(134)107-66(39-54(3)4)86(131)113-73(84(129)103-48-80(100)125)52-147-53-81(126)105-69(41-57-32-34-60(122)35-33-57)92(137)114(8)56(7)83(128)109-71(45-79(99)124)94(139)120-38-24-31-76(120)90(135)112-72(47-104-98(143)118(12)146-15)88(133)110-68(40-55(5)6)95(140)121-50-61(123)44-78(121)91(136)108-67(42-58-46-102-64-27-22-20-25-62(58)64)87(132)106-65(36-37-101-97(142)117(11)145-14)85(130)111-70(93(138)116(10)77(29-19-17-2)96(141)115(75)9)43-59-49-119(51-82(127)144-13)74-30-23-21-26-63(59)74/h20-23,25-27,30,32-35,46,49,54-56,61,65-73,75-78,102,122-123H,16-19,24,28-29,31,36-45,47-48,50-53H2,1-15H3,(H2,99,124)(H2,100,125)(H,101,142)(H,103,129)(H,104,143)(H,105,126)(H,106,132)(H,107,134)(H,108,136)(H,109,128)(H,110,133)(H,111,130)(H,112,135)(H,113,131)/t56-,61+,65-,66-,67-,68-,69-,70-,71-,72-,73-,75-,76-,77-,78-/m0/s1. The summed E-state index contributed by atoms with van der Waals surface area (Å²) in [5.74, 6) is -19.3. The number of thioether (sulfide) groups is 1. The van der Waals surface area contributed by atoms with Crippen LogP contribution in [0, 0.1) is 11.8 Å². The molecule has 49 heteroatoms. The van der Waals surface area contributed by atoms with Gasteiger partial charge in [-0.2, -0.15) is 0 Å². The van der Waals surface area contributed by atoms with Crippen LogP contribution in [0.15, 0.2) is 85.2 Å². The van der Waals surface area contributed by atoms with E-state index >= 15 is 47.9 Å².